The quantitative estimate of drug-likeness (QED) is 0.184. The summed E-state index contributed by atoms with van der Waals surface area (Å²) in [6, 6.07) is 0. The van der Waals surface area contributed by atoms with Gasteiger partial charge in [-0.1, -0.05) is 264 Å². The zero-order valence-corrected chi connectivity index (χ0v) is 83.3. The molecule has 0 spiro atoms. The van der Waals surface area contributed by atoms with Crippen molar-refractivity contribution in [1.82, 2.24) is 0 Å². The van der Waals surface area contributed by atoms with Crippen molar-refractivity contribution in [2.45, 2.75) is 373 Å². The van der Waals surface area contributed by atoms with E-state index >= 15 is 0 Å². The molecule has 0 nitrogen and oxygen atoms in total. The van der Waals surface area contributed by atoms with Crippen molar-refractivity contribution >= 4 is 0 Å². The van der Waals surface area contributed by atoms with Crippen molar-refractivity contribution in [3.05, 3.63) is 141 Å². The predicted octanol–water partition coefficient (Wildman–Crippen LogP) is 34.5. The van der Waals surface area contributed by atoms with Crippen LogP contribution in [0.1, 0.15) is 373 Å². The molecule has 29 atom stereocenters. The van der Waals surface area contributed by atoms with E-state index in [4.69, 9.17) is 0 Å². The molecular formula is C108H190Y2. The molecule has 16 aliphatic carbocycles. The molecular weight excluding hydrogens is 1470 g/mol. The zero-order valence-electron chi connectivity index (χ0n) is 77.7. The fourth-order valence-electron chi connectivity index (χ4n) is 28.3. The van der Waals surface area contributed by atoms with Gasteiger partial charge in [0.15, 0.2) is 0 Å². The Balaban J connectivity index is 0.000000624. The Labute approximate surface area is 744 Å². The molecule has 23 unspecified atom stereocenters. The number of allylic oxidation sites excluding steroid dienone is 8. The summed E-state index contributed by atoms with van der Waals surface area (Å²) in [4.78, 5) is 0. The molecule has 0 bridgehead atoms. The Morgan fingerprint density at radius 1 is 0.245 bits per heavy atom. The molecule has 0 aliphatic heterocycles. The fraction of sp³-hybridized carbons (Fsp3) is 0.796. The van der Waals surface area contributed by atoms with Gasteiger partial charge in [0.1, 0.15) is 0 Å². The monoisotopic (exact) mass is 1670 g/mol. The largest absolute Gasteiger partial charge is 3.00 e. The number of hydrogen-bond donors (Lipinski definition) is 0. The first kappa shape index (κ1) is 108. The average molecular weight is 1670 g/mol. The first-order valence-electron chi connectivity index (χ1n) is 46.7. The number of rotatable bonds is 6. The van der Waals surface area contributed by atoms with Crippen molar-refractivity contribution in [2.24, 2.45) is 172 Å². The van der Waals surface area contributed by atoms with Gasteiger partial charge in [0.05, 0.1) is 0 Å². The molecule has 16 fully saturated rings. The van der Waals surface area contributed by atoms with Gasteiger partial charge < -0.3 is 44.1 Å². The first-order valence-corrected chi connectivity index (χ1v) is 46.7. The summed E-state index contributed by atoms with van der Waals surface area (Å²) in [5.41, 5.74) is 12.4. The molecule has 16 rings (SSSR count). The van der Waals surface area contributed by atoms with Gasteiger partial charge in [-0.15, -0.1) is 0 Å². The Bertz CT molecular complexity index is 2640. The topological polar surface area (TPSA) is 0 Å². The molecule has 0 heterocycles. The maximum atomic E-state index is 4.39. The second-order valence-corrected chi connectivity index (χ2v) is 39.5. The van der Waals surface area contributed by atoms with Gasteiger partial charge in [0, 0.05) is 0 Å². The van der Waals surface area contributed by atoms with Gasteiger partial charge in [-0.05, 0) is 371 Å². The summed E-state index contributed by atoms with van der Waals surface area (Å²) < 4.78 is 0. The molecule has 16 aliphatic rings. The number of fused-ring (bicyclic) bond motifs is 8. The Morgan fingerprint density at radius 3 is 0.955 bits per heavy atom. The van der Waals surface area contributed by atoms with Crippen molar-refractivity contribution in [1.29, 1.82) is 0 Å². The SMILES string of the molecule is C=C1CCC(CC)C1C.C=C1CCC2CC(CC)C(C)C12.C=C1CCC2CCC(CC)C(C)C12.C=C1CCC2C[C@@H]3CCCC[C@@H]3[C@H](C)C12.C=C1CCCC(CC)C1C.C=C1CCCC2CC(CC)CC12.C=C1CCCC2CCC(CC)C(C)C12.C=C1CCCC2C[C@@H]3CCCC[C@@H]3[C@H](C)C12.[CH2-]C.[CH3-].[CH3-].[CH3-].[CH3-].[CH3-].[Y+3].[Y+3]. The molecule has 0 radical (unpaired) electrons. The van der Waals surface area contributed by atoms with Crippen LogP contribution in [0.3, 0.4) is 0 Å². The van der Waals surface area contributed by atoms with E-state index in [0.717, 1.165) is 172 Å². The van der Waals surface area contributed by atoms with Crippen LogP contribution in [0.15, 0.2) is 97.2 Å². The molecule has 0 N–H and O–H groups in total. The molecule has 0 amide bonds. The molecule has 0 aromatic heterocycles. The van der Waals surface area contributed by atoms with Crippen LogP contribution >= 0.6 is 0 Å². The van der Waals surface area contributed by atoms with Crippen molar-refractivity contribution in [3.8, 4) is 0 Å². The zero-order chi connectivity index (χ0) is 74.8. The van der Waals surface area contributed by atoms with Crippen LogP contribution in [0.4, 0.5) is 0 Å². The van der Waals surface area contributed by atoms with E-state index in [1.807, 2.05) is 0 Å². The van der Waals surface area contributed by atoms with Crippen LogP contribution in [0.5, 0.6) is 0 Å². The smallest absolute Gasteiger partial charge is 0.358 e. The summed E-state index contributed by atoms with van der Waals surface area (Å²) >= 11 is 0. The summed E-state index contributed by atoms with van der Waals surface area (Å²) in [6.45, 7) is 69.9. The second kappa shape index (κ2) is 53.7. The van der Waals surface area contributed by atoms with Crippen LogP contribution in [-0.2, 0) is 65.4 Å². The second-order valence-electron chi connectivity index (χ2n) is 39.5. The molecule has 0 aromatic rings. The Hall–Kier alpha value is 0.128. The molecule has 2 heteroatoms. The summed E-state index contributed by atoms with van der Waals surface area (Å²) in [7, 11) is 0. The van der Waals surface area contributed by atoms with Gasteiger partial charge in [-0.3, -0.25) is 0 Å². The van der Waals surface area contributed by atoms with E-state index in [-0.39, 0.29) is 103 Å². The van der Waals surface area contributed by atoms with Crippen LogP contribution < -0.4 is 0 Å². The van der Waals surface area contributed by atoms with Crippen molar-refractivity contribution < 1.29 is 65.4 Å². The minimum Gasteiger partial charge on any atom is -0.358 e. The van der Waals surface area contributed by atoms with E-state index in [9.17, 15) is 0 Å². The fourth-order valence-corrected chi connectivity index (χ4v) is 28.3. The molecule has 110 heavy (non-hydrogen) atoms. The van der Waals surface area contributed by atoms with E-state index in [0.29, 0.717) is 0 Å². The Kier molecular flexibility index (Phi) is 52.8. The standard InChI is InChI=1S/C16H26.C15H24.C14H24.C13H22.2C12H20.C10H18.C9H16.C2H5.5CH3.2Y/c1-11-6-5-8-14-10-13-7-3-4-9-15(13)12(2)16(11)14;1-10-7-8-13-9-12-5-3-4-6-14(12)11(2)15(10)13;1-4-12-8-9-13-7-5-6-10(2)14(13)11(12)3;1-4-11-7-8-12-6-5-9(2)13(12)10(11)3;1-4-10-7-11-6-5-8(2)12(11)9(10)3;1-3-10-7-11-6-4-5-9(2)12(11)8-10;1-4-10-7-5-6-8(2)9(10)3;1-4-9-6-5-7(2)8(9)3;1-2;;;;;;;/h12-16H,1,3-10H2,2H3;11-15H,1,3-9H2,2H3;11-14H,2,4-9H2,1,3H3;10-13H,2,4-8H2,1,3H3;9-12H,2,4-7H2,1,3H3;10-12H,2-8H2,1H3;9-10H,2,4-7H2,1,3H3;8-9H,2,4-6H2,1,3H3;1H2,2H3;5*1H3;;/q;;;;;;;;6*-1;2*+3/t12-,13-,14?,15+,16?;11-,12-,13?,14+,15?;;;;;;;;;;;;;;/m00............../s1. The summed E-state index contributed by atoms with van der Waals surface area (Å²) in [6.07, 6.45) is 61.4. The van der Waals surface area contributed by atoms with Gasteiger partial charge >= 0.3 is 65.4 Å². The normalized spacial score (nSPS) is 40.4. The van der Waals surface area contributed by atoms with Crippen LogP contribution in [-0.4, -0.2) is 0 Å². The minimum absolute atomic E-state index is 0. The summed E-state index contributed by atoms with van der Waals surface area (Å²) in [5.74, 6) is 27.8. The average Bonchev–Trinajstić information content (AvgIpc) is 1.13. The summed E-state index contributed by atoms with van der Waals surface area (Å²) in [5, 5.41) is 0. The maximum Gasteiger partial charge on any atom is 3.00 e. The van der Waals surface area contributed by atoms with E-state index in [2.05, 4.69) is 150 Å². The third-order valence-corrected chi connectivity index (χ3v) is 34.7. The maximum absolute atomic E-state index is 4.39. The predicted molar refractivity (Wildman–Crippen MR) is 490 cm³/mol. The third kappa shape index (κ3) is 27.6. The van der Waals surface area contributed by atoms with Crippen molar-refractivity contribution in [2.75, 3.05) is 0 Å². The van der Waals surface area contributed by atoms with Crippen LogP contribution in [0, 0.1) is 216 Å². The van der Waals surface area contributed by atoms with E-state index in [1.54, 1.807) is 53.2 Å². The Morgan fingerprint density at radius 2 is 0.555 bits per heavy atom. The van der Waals surface area contributed by atoms with Crippen LogP contribution in [0.2, 0.25) is 0 Å². The number of hydrogen-bond acceptors (Lipinski definition) is 0. The van der Waals surface area contributed by atoms with Gasteiger partial charge in [-0.25, -0.2) is 0 Å². The molecule has 0 saturated heterocycles. The van der Waals surface area contributed by atoms with Gasteiger partial charge in [0.25, 0.3) is 0 Å². The molecule has 16 saturated carbocycles. The van der Waals surface area contributed by atoms with Gasteiger partial charge in [0.2, 0.25) is 0 Å². The molecule has 0 aromatic carbocycles. The van der Waals surface area contributed by atoms with Crippen LogP contribution in [0.25, 0.3) is 0 Å². The van der Waals surface area contributed by atoms with Gasteiger partial charge in [-0.2, -0.15) is 6.92 Å². The van der Waals surface area contributed by atoms with Crippen molar-refractivity contribution in [3.63, 3.8) is 0 Å². The minimum atomic E-state index is 0. The van der Waals surface area contributed by atoms with E-state index < -0.39 is 0 Å². The van der Waals surface area contributed by atoms with E-state index in [1.165, 1.54) is 274 Å². The molecule has 628 valence electrons. The third-order valence-electron chi connectivity index (χ3n) is 34.7. The first-order chi connectivity index (χ1) is 49.6.